The van der Waals surface area contributed by atoms with Gasteiger partial charge < -0.3 is 10.4 Å². The molecule has 2 N–H and O–H groups in total. The molecule has 5 nitrogen and oxygen atoms in total. The third-order valence-corrected chi connectivity index (χ3v) is 2.52. The molecule has 18 heavy (non-hydrogen) atoms. The van der Waals surface area contributed by atoms with Crippen molar-refractivity contribution < 1.29 is 19.5 Å². The van der Waals surface area contributed by atoms with Crippen molar-refractivity contribution in [1.82, 2.24) is 5.32 Å². The smallest absolute Gasteiger partial charge is 0.305 e. The first-order valence-corrected chi connectivity index (χ1v) is 5.70. The number of carboxylic acid groups (broad SMARTS) is 1. The second-order valence-electron chi connectivity index (χ2n) is 5.17. The molecule has 0 aromatic rings. The highest BCUT2D eigenvalue weighted by Crippen LogP contribution is 2.29. The van der Waals surface area contributed by atoms with Gasteiger partial charge >= 0.3 is 5.97 Å². The van der Waals surface area contributed by atoms with Crippen LogP contribution in [0.25, 0.3) is 0 Å². The minimum Gasteiger partial charge on any atom is -0.481 e. The summed E-state index contributed by atoms with van der Waals surface area (Å²) in [6, 6.07) is 0. The summed E-state index contributed by atoms with van der Waals surface area (Å²) in [6.45, 7) is 5.68. The zero-order valence-corrected chi connectivity index (χ0v) is 10.7. The van der Waals surface area contributed by atoms with E-state index in [9.17, 15) is 14.4 Å². The minimum absolute atomic E-state index is 0.104. The molecule has 1 aliphatic rings. The number of hydrogen-bond acceptors (Lipinski definition) is 4. The van der Waals surface area contributed by atoms with E-state index in [1.54, 1.807) is 0 Å². The quantitative estimate of drug-likeness (QED) is 0.730. The van der Waals surface area contributed by atoms with Crippen LogP contribution in [0.5, 0.6) is 0 Å². The zero-order chi connectivity index (χ0) is 13.9. The van der Waals surface area contributed by atoms with Crippen molar-refractivity contribution in [3.63, 3.8) is 0 Å². The van der Waals surface area contributed by atoms with Gasteiger partial charge in [-0.3, -0.25) is 14.4 Å². The van der Waals surface area contributed by atoms with Crippen LogP contribution in [0.15, 0.2) is 23.4 Å². The van der Waals surface area contributed by atoms with Gasteiger partial charge in [0.1, 0.15) is 0 Å². The van der Waals surface area contributed by atoms with E-state index in [0.717, 1.165) is 0 Å². The first-order valence-electron chi connectivity index (χ1n) is 5.70. The van der Waals surface area contributed by atoms with Crippen LogP contribution in [0, 0.1) is 5.41 Å². The van der Waals surface area contributed by atoms with Crippen LogP contribution < -0.4 is 5.32 Å². The van der Waals surface area contributed by atoms with E-state index in [2.05, 4.69) is 5.32 Å². The molecule has 0 aromatic carbocycles. The molecule has 0 radical (unpaired) electrons. The molecule has 0 saturated carbocycles. The van der Waals surface area contributed by atoms with Gasteiger partial charge in [-0.1, -0.05) is 20.8 Å². The van der Waals surface area contributed by atoms with Gasteiger partial charge in [0.05, 0.1) is 12.1 Å². The van der Waals surface area contributed by atoms with Crippen LogP contribution in [0.2, 0.25) is 0 Å². The number of carbonyl (C=O) groups is 3. The monoisotopic (exact) mass is 251 g/mol. The van der Waals surface area contributed by atoms with Crippen molar-refractivity contribution >= 4 is 17.5 Å². The Balaban J connectivity index is 2.80. The van der Waals surface area contributed by atoms with Gasteiger partial charge in [0.2, 0.25) is 5.78 Å². The van der Waals surface area contributed by atoms with Crippen molar-refractivity contribution in [2.75, 3.05) is 6.54 Å². The Bertz CT molecular complexity index is 452. The molecule has 0 aliphatic heterocycles. The van der Waals surface area contributed by atoms with Crippen LogP contribution in [-0.2, 0) is 14.4 Å². The van der Waals surface area contributed by atoms with Crippen molar-refractivity contribution in [2.45, 2.75) is 27.2 Å². The van der Waals surface area contributed by atoms with Crippen LogP contribution >= 0.6 is 0 Å². The van der Waals surface area contributed by atoms with E-state index >= 15 is 0 Å². The highest BCUT2D eigenvalue weighted by Gasteiger charge is 2.29. The van der Waals surface area contributed by atoms with Crippen LogP contribution in [0.1, 0.15) is 27.2 Å². The molecule has 0 fully saturated rings. The number of carbonyl (C=O) groups excluding carboxylic acids is 2. The summed E-state index contributed by atoms with van der Waals surface area (Å²) in [4.78, 5) is 34.0. The zero-order valence-electron chi connectivity index (χ0n) is 10.7. The lowest BCUT2D eigenvalue weighted by Crippen LogP contribution is -2.31. The maximum Gasteiger partial charge on any atom is 0.305 e. The molecular formula is C13H17NO4. The van der Waals surface area contributed by atoms with E-state index in [4.69, 9.17) is 5.11 Å². The number of ketones is 2. The van der Waals surface area contributed by atoms with E-state index in [-0.39, 0.29) is 30.2 Å². The molecule has 0 spiro atoms. The molecule has 98 valence electrons. The molecule has 5 heteroatoms. The molecule has 0 bridgehead atoms. The number of aliphatic carboxylic acids is 1. The predicted molar refractivity (Wildman–Crippen MR) is 65.9 cm³/mol. The van der Waals surface area contributed by atoms with E-state index < -0.39 is 11.4 Å². The topological polar surface area (TPSA) is 83.5 Å². The lowest BCUT2D eigenvalue weighted by molar-refractivity contribution is -0.136. The van der Waals surface area contributed by atoms with Gasteiger partial charge in [0.25, 0.3) is 0 Å². The summed E-state index contributed by atoms with van der Waals surface area (Å²) in [7, 11) is 0. The van der Waals surface area contributed by atoms with Gasteiger partial charge in [0, 0.05) is 18.2 Å². The van der Waals surface area contributed by atoms with Gasteiger partial charge in [-0.15, -0.1) is 0 Å². The molecule has 0 unspecified atom stereocenters. The van der Waals surface area contributed by atoms with Gasteiger partial charge in [-0.2, -0.15) is 0 Å². The molecular weight excluding hydrogens is 234 g/mol. The second-order valence-corrected chi connectivity index (χ2v) is 5.17. The third-order valence-electron chi connectivity index (χ3n) is 2.52. The van der Waals surface area contributed by atoms with Crippen molar-refractivity contribution in [1.29, 1.82) is 0 Å². The van der Waals surface area contributed by atoms with Gasteiger partial charge in [-0.25, -0.2) is 0 Å². The molecule has 1 rings (SSSR count). The molecule has 0 aromatic heterocycles. The largest absolute Gasteiger partial charge is 0.481 e. The summed E-state index contributed by atoms with van der Waals surface area (Å²) in [5.41, 5.74) is 0.197. The molecule has 0 atom stereocenters. The fourth-order valence-corrected chi connectivity index (χ4v) is 1.59. The Morgan fingerprint density at radius 2 is 1.89 bits per heavy atom. The molecule has 0 amide bonds. The first kappa shape index (κ1) is 14.2. The molecule has 0 saturated heterocycles. The summed E-state index contributed by atoms with van der Waals surface area (Å²) in [6.07, 6.45) is 2.44. The van der Waals surface area contributed by atoms with Crippen molar-refractivity contribution in [3.05, 3.63) is 23.4 Å². The number of allylic oxidation sites excluding steroid dienone is 3. The maximum absolute atomic E-state index is 12.1. The van der Waals surface area contributed by atoms with E-state index in [0.29, 0.717) is 5.57 Å². The number of hydrogen-bond donors (Lipinski definition) is 2. The highest BCUT2D eigenvalue weighted by atomic mass is 16.4. The van der Waals surface area contributed by atoms with Crippen LogP contribution in [0.4, 0.5) is 0 Å². The average molecular weight is 251 g/mol. The SMILES string of the molecule is CC(C)(C)C1=CC(=O)C=C(NCCC(=O)O)C1=O. The predicted octanol–water partition coefficient (Wildman–Crippen LogP) is 1.06. The first-order chi connectivity index (χ1) is 8.21. The van der Waals surface area contributed by atoms with E-state index in [1.807, 2.05) is 20.8 Å². The maximum atomic E-state index is 12.1. The fraction of sp³-hybridized carbons (Fsp3) is 0.462. The molecule has 0 heterocycles. The Morgan fingerprint density at radius 1 is 1.28 bits per heavy atom. The Labute approximate surface area is 106 Å². The Kier molecular flexibility index (Phi) is 4.06. The van der Waals surface area contributed by atoms with Crippen molar-refractivity contribution in [3.8, 4) is 0 Å². The Hall–Kier alpha value is -1.91. The highest BCUT2D eigenvalue weighted by molar-refractivity contribution is 6.20. The lowest BCUT2D eigenvalue weighted by atomic mass is 9.80. The summed E-state index contributed by atoms with van der Waals surface area (Å²) < 4.78 is 0. The summed E-state index contributed by atoms with van der Waals surface area (Å²) in [5.74, 6) is -1.45. The summed E-state index contributed by atoms with van der Waals surface area (Å²) in [5, 5.41) is 11.2. The lowest BCUT2D eigenvalue weighted by Gasteiger charge is -2.25. The van der Waals surface area contributed by atoms with Gasteiger partial charge in [0.15, 0.2) is 5.78 Å². The minimum atomic E-state index is -0.954. The summed E-state index contributed by atoms with van der Waals surface area (Å²) >= 11 is 0. The van der Waals surface area contributed by atoms with E-state index in [1.165, 1.54) is 12.2 Å². The Morgan fingerprint density at radius 3 is 2.39 bits per heavy atom. The second kappa shape index (κ2) is 5.16. The number of rotatable bonds is 4. The molecule has 1 aliphatic carbocycles. The van der Waals surface area contributed by atoms with Gasteiger partial charge in [-0.05, 0) is 11.5 Å². The number of nitrogens with one attached hydrogen (secondary N) is 1. The van der Waals surface area contributed by atoms with Crippen LogP contribution in [-0.4, -0.2) is 29.2 Å². The average Bonchev–Trinajstić information content (AvgIpc) is 2.20. The standard InChI is InChI=1S/C13H17NO4/c1-13(2,3)9-6-8(15)7-10(12(9)18)14-5-4-11(16)17/h6-7,14H,4-5H2,1-3H3,(H,16,17). The van der Waals surface area contributed by atoms with Crippen molar-refractivity contribution in [2.24, 2.45) is 5.41 Å². The normalized spacial score (nSPS) is 16.2. The third kappa shape index (κ3) is 3.55. The number of Topliss-reactive ketones (excluding diaryl/α,β-unsaturated/α-hetero) is 1. The van der Waals surface area contributed by atoms with Crippen LogP contribution in [0.3, 0.4) is 0 Å². The fourth-order valence-electron chi connectivity index (χ4n) is 1.59. The number of carboxylic acids is 1.